The Morgan fingerprint density at radius 3 is 2.85 bits per heavy atom. The summed E-state index contributed by atoms with van der Waals surface area (Å²) in [5.74, 6) is 0.570. The van der Waals surface area contributed by atoms with E-state index in [1.165, 1.54) is 11.3 Å². The molecule has 0 aliphatic rings. The summed E-state index contributed by atoms with van der Waals surface area (Å²) in [6, 6.07) is 12.7. The summed E-state index contributed by atoms with van der Waals surface area (Å²) in [6.07, 6.45) is 0. The molecule has 2 aromatic heterocycles. The van der Waals surface area contributed by atoms with Crippen molar-refractivity contribution in [2.75, 3.05) is 0 Å². The van der Waals surface area contributed by atoms with Crippen LogP contribution in [0.3, 0.4) is 0 Å². The van der Waals surface area contributed by atoms with Crippen molar-refractivity contribution in [3.05, 3.63) is 59.1 Å². The van der Waals surface area contributed by atoms with Crippen LogP contribution in [0.2, 0.25) is 0 Å². The van der Waals surface area contributed by atoms with Gasteiger partial charge in [0.05, 0.1) is 4.88 Å². The number of nitrogens with zero attached hydrogens (tertiary/aromatic N) is 1. The molecule has 0 aliphatic heterocycles. The van der Waals surface area contributed by atoms with E-state index in [-0.39, 0.29) is 5.69 Å². The van der Waals surface area contributed by atoms with Gasteiger partial charge in [-0.25, -0.2) is 4.79 Å². The Morgan fingerprint density at radius 1 is 1.25 bits per heavy atom. The van der Waals surface area contributed by atoms with Crippen molar-refractivity contribution in [1.29, 1.82) is 0 Å². The molecule has 0 atom stereocenters. The van der Waals surface area contributed by atoms with Gasteiger partial charge in [-0.05, 0) is 30.0 Å². The Hall–Kier alpha value is -2.40. The van der Waals surface area contributed by atoms with Gasteiger partial charge in [-0.15, -0.1) is 11.3 Å². The maximum atomic E-state index is 12.0. The van der Waals surface area contributed by atoms with Crippen LogP contribution in [0.1, 0.15) is 16.1 Å². The van der Waals surface area contributed by atoms with E-state index in [0.717, 1.165) is 10.4 Å². The van der Waals surface area contributed by atoms with Crippen molar-refractivity contribution in [2.24, 2.45) is 0 Å². The van der Waals surface area contributed by atoms with Gasteiger partial charge in [0, 0.05) is 6.07 Å². The summed E-state index contributed by atoms with van der Waals surface area (Å²) in [6.45, 7) is 1.88. The number of esters is 1. The van der Waals surface area contributed by atoms with Crippen LogP contribution in [0, 0.1) is 6.92 Å². The van der Waals surface area contributed by atoms with E-state index >= 15 is 0 Å². The molecule has 0 N–H and O–H groups in total. The third kappa shape index (κ3) is 2.48. The van der Waals surface area contributed by atoms with Crippen LogP contribution in [-0.2, 0) is 0 Å². The van der Waals surface area contributed by atoms with E-state index in [9.17, 15) is 4.79 Å². The van der Waals surface area contributed by atoms with Crippen LogP contribution in [0.15, 0.2) is 52.4 Å². The Bertz CT molecular complexity index is 731. The van der Waals surface area contributed by atoms with Crippen molar-refractivity contribution in [3.63, 3.8) is 0 Å². The van der Waals surface area contributed by atoms with E-state index in [1.807, 2.05) is 42.6 Å². The number of thiophene rings is 1. The Kier molecular flexibility index (Phi) is 3.35. The minimum atomic E-state index is -0.522. The van der Waals surface area contributed by atoms with E-state index in [4.69, 9.17) is 9.26 Å². The predicted octanol–water partition coefficient (Wildman–Crippen LogP) is 3.93. The maximum Gasteiger partial charge on any atom is 0.365 e. The van der Waals surface area contributed by atoms with Crippen molar-refractivity contribution in [3.8, 4) is 16.4 Å². The zero-order valence-electron chi connectivity index (χ0n) is 10.7. The molecule has 100 valence electrons. The molecule has 3 aromatic rings. The number of hydrogen-bond donors (Lipinski definition) is 0. The second kappa shape index (κ2) is 5.30. The molecular formula is C15H11NO3S. The normalized spacial score (nSPS) is 10.4. The van der Waals surface area contributed by atoms with Crippen LogP contribution >= 0.6 is 11.3 Å². The third-order valence-electron chi connectivity index (χ3n) is 2.78. The van der Waals surface area contributed by atoms with Gasteiger partial charge in [0.15, 0.2) is 11.5 Å². The van der Waals surface area contributed by atoms with Crippen LogP contribution in [0.25, 0.3) is 10.6 Å². The molecule has 5 heteroatoms. The summed E-state index contributed by atoms with van der Waals surface area (Å²) in [5.41, 5.74) is 1.06. The van der Waals surface area contributed by atoms with Gasteiger partial charge in [-0.2, -0.15) is 0 Å². The highest BCUT2D eigenvalue weighted by atomic mass is 32.1. The lowest BCUT2D eigenvalue weighted by Crippen LogP contribution is -2.09. The van der Waals surface area contributed by atoms with Gasteiger partial charge in [0.25, 0.3) is 0 Å². The fourth-order valence-corrected chi connectivity index (χ4v) is 2.40. The highest BCUT2D eigenvalue weighted by Gasteiger charge is 2.16. The molecule has 20 heavy (non-hydrogen) atoms. The first-order valence-corrected chi connectivity index (χ1v) is 6.90. The average Bonchev–Trinajstić information content (AvgIpc) is 3.11. The quantitative estimate of drug-likeness (QED) is 0.540. The zero-order valence-corrected chi connectivity index (χ0v) is 11.5. The molecule has 4 nitrogen and oxygen atoms in total. The number of rotatable bonds is 3. The summed E-state index contributed by atoms with van der Waals surface area (Å²) >= 11 is 1.52. The number of benzene rings is 1. The molecule has 0 saturated heterocycles. The molecule has 2 heterocycles. The number of carbonyl (C=O) groups excluding carboxylic acids is 1. The standard InChI is InChI=1S/C15H11NO3S/c1-10-5-2-3-6-12(10)18-15(17)11-9-13(19-16-11)14-7-4-8-20-14/h2-9H,1H3. The average molecular weight is 285 g/mol. The topological polar surface area (TPSA) is 52.3 Å². The van der Waals surface area contributed by atoms with Gasteiger partial charge >= 0.3 is 5.97 Å². The van der Waals surface area contributed by atoms with Crippen LogP contribution < -0.4 is 4.74 Å². The first-order chi connectivity index (χ1) is 9.74. The second-order valence-electron chi connectivity index (χ2n) is 4.21. The Balaban J connectivity index is 1.80. The fraction of sp³-hybridized carbons (Fsp3) is 0.0667. The van der Waals surface area contributed by atoms with Gasteiger partial charge in [-0.3, -0.25) is 0 Å². The Labute approximate surface area is 119 Å². The van der Waals surface area contributed by atoms with Crippen molar-refractivity contribution in [1.82, 2.24) is 5.16 Å². The largest absolute Gasteiger partial charge is 0.421 e. The molecule has 0 bridgehead atoms. The Morgan fingerprint density at radius 2 is 2.10 bits per heavy atom. The molecule has 0 saturated carbocycles. The summed E-state index contributed by atoms with van der Waals surface area (Å²) in [7, 11) is 0. The fourth-order valence-electron chi connectivity index (χ4n) is 1.73. The molecule has 1 aromatic carbocycles. The highest BCUT2D eigenvalue weighted by Crippen LogP contribution is 2.25. The molecular weight excluding hydrogens is 274 g/mol. The third-order valence-corrected chi connectivity index (χ3v) is 3.66. The number of para-hydroxylation sites is 1. The first-order valence-electron chi connectivity index (χ1n) is 6.02. The predicted molar refractivity (Wildman–Crippen MR) is 76.0 cm³/mol. The first kappa shape index (κ1) is 12.6. The van der Waals surface area contributed by atoms with Crippen LogP contribution in [-0.4, -0.2) is 11.1 Å². The molecule has 3 rings (SSSR count). The van der Waals surface area contributed by atoms with Gasteiger partial charge in [0.1, 0.15) is 5.75 Å². The minimum absolute atomic E-state index is 0.164. The number of ether oxygens (including phenoxy) is 1. The zero-order chi connectivity index (χ0) is 13.9. The number of carbonyl (C=O) groups is 1. The van der Waals surface area contributed by atoms with E-state index in [0.29, 0.717) is 11.5 Å². The maximum absolute atomic E-state index is 12.0. The monoisotopic (exact) mass is 285 g/mol. The molecule has 0 aliphatic carbocycles. The lowest BCUT2D eigenvalue weighted by atomic mass is 10.2. The van der Waals surface area contributed by atoms with Crippen molar-refractivity contribution in [2.45, 2.75) is 6.92 Å². The molecule has 0 spiro atoms. The summed E-state index contributed by atoms with van der Waals surface area (Å²) < 4.78 is 10.5. The van der Waals surface area contributed by atoms with E-state index in [1.54, 1.807) is 12.1 Å². The van der Waals surface area contributed by atoms with E-state index < -0.39 is 5.97 Å². The summed E-state index contributed by atoms with van der Waals surface area (Å²) in [4.78, 5) is 12.9. The second-order valence-corrected chi connectivity index (χ2v) is 5.16. The number of aryl methyl sites for hydroxylation is 1. The van der Waals surface area contributed by atoms with E-state index in [2.05, 4.69) is 5.16 Å². The highest BCUT2D eigenvalue weighted by molar-refractivity contribution is 7.13. The molecule has 0 fully saturated rings. The van der Waals surface area contributed by atoms with Gasteiger partial charge < -0.3 is 9.26 Å². The van der Waals surface area contributed by atoms with Crippen molar-refractivity contribution >= 4 is 17.3 Å². The number of hydrogen-bond acceptors (Lipinski definition) is 5. The van der Waals surface area contributed by atoms with Crippen LogP contribution in [0.5, 0.6) is 5.75 Å². The SMILES string of the molecule is Cc1ccccc1OC(=O)c1cc(-c2cccs2)on1. The van der Waals surface area contributed by atoms with Gasteiger partial charge in [-0.1, -0.05) is 29.4 Å². The minimum Gasteiger partial charge on any atom is -0.421 e. The number of aromatic nitrogens is 1. The van der Waals surface area contributed by atoms with Gasteiger partial charge in [0.2, 0.25) is 0 Å². The lowest BCUT2D eigenvalue weighted by molar-refractivity contribution is 0.0723. The molecule has 0 radical (unpaired) electrons. The van der Waals surface area contributed by atoms with Crippen molar-refractivity contribution < 1.29 is 14.1 Å². The summed E-state index contributed by atoms with van der Waals surface area (Å²) in [5, 5.41) is 5.69. The molecule has 0 amide bonds. The lowest BCUT2D eigenvalue weighted by Gasteiger charge is -2.04. The van der Waals surface area contributed by atoms with Crippen LogP contribution in [0.4, 0.5) is 0 Å². The smallest absolute Gasteiger partial charge is 0.365 e. The molecule has 0 unspecified atom stereocenters.